The predicted molar refractivity (Wildman–Crippen MR) is 80.1 cm³/mol. The fourth-order valence-corrected chi connectivity index (χ4v) is 2.53. The van der Waals surface area contributed by atoms with Crippen LogP contribution in [0.2, 0.25) is 0 Å². The first-order valence-corrected chi connectivity index (χ1v) is 7.06. The van der Waals surface area contributed by atoms with Gasteiger partial charge in [0.1, 0.15) is 0 Å². The Bertz CT molecular complexity index is 673. The van der Waals surface area contributed by atoms with Crippen molar-refractivity contribution in [3.8, 4) is 0 Å². The normalized spacial score (nSPS) is 9.62. The highest BCUT2D eigenvalue weighted by Gasteiger charge is 2.06. The van der Waals surface area contributed by atoms with Crippen LogP contribution in [0, 0.1) is 0 Å². The second-order valence-corrected chi connectivity index (χ2v) is 5.54. The maximum atomic E-state index is 10.6. The van der Waals surface area contributed by atoms with Crippen molar-refractivity contribution in [2.24, 2.45) is 0 Å². The molecule has 0 unspecified atom stereocenters. The van der Waals surface area contributed by atoms with Crippen LogP contribution in [-0.2, 0) is 9.59 Å². The summed E-state index contributed by atoms with van der Waals surface area (Å²) in [7, 11) is 3.32. The first kappa shape index (κ1) is 14.9. The number of hydrogen-bond acceptors (Lipinski definition) is 3. The smallest absolute Gasteiger partial charge is 0.159 e. The summed E-state index contributed by atoms with van der Waals surface area (Å²) in [4.78, 5) is 23.3. The molecule has 0 saturated heterocycles. The van der Waals surface area contributed by atoms with E-state index in [4.69, 9.17) is 0 Å². The van der Waals surface area contributed by atoms with E-state index >= 15 is 0 Å². The summed E-state index contributed by atoms with van der Waals surface area (Å²) in [6, 6.07) is 15.3. The van der Waals surface area contributed by atoms with Crippen LogP contribution >= 0.6 is 11.8 Å². The Hall–Kier alpha value is -2.45. The van der Waals surface area contributed by atoms with E-state index in [-0.39, 0.29) is 0 Å². The van der Waals surface area contributed by atoms with Gasteiger partial charge in [0.25, 0.3) is 0 Å². The van der Waals surface area contributed by atoms with E-state index in [0.29, 0.717) is 0 Å². The molecule has 2 aromatic rings. The summed E-state index contributed by atoms with van der Waals surface area (Å²) < 4.78 is 2.80. The second kappa shape index (κ2) is 6.82. The van der Waals surface area contributed by atoms with E-state index in [9.17, 15) is 9.59 Å². The van der Waals surface area contributed by atoms with E-state index in [1.54, 1.807) is 25.9 Å². The minimum Gasteiger partial charge on any atom is -0.159 e. The number of nitrogens with zero attached hydrogens (tertiary/aromatic N) is 2. The van der Waals surface area contributed by atoms with E-state index in [1.165, 1.54) is 9.15 Å². The molecule has 5 heteroatoms. The molecule has 0 aromatic heterocycles. The molecule has 0 aliphatic carbocycles. The van der Waals surface area contributed by atoms with Crippen LogP contribution in [0.4, 0.5) is 11.4 Å². The van der Waals surface area contributed by atoms with E-state index < -0.39 is 0 Å². The molecule has 0 aliphatic rings. The van der Waals surface area contributed by atoms with Crippen LogP contribution in [-0.4, -0.2) is 35.4 Å². The van der Waals surface area contributed by atoms with E-state index in [1.807, 2.05) is 60.7 Å². The standard InChI is InChI=1S/C16H14N2O2S/c1-17(11-19)13-3-7-15(8-4-13)21-16-9-5-14(6-10-16)18(2)12-20/h3-10H,1-2H3/q+2. The third-order valence-corrected chi connectivity index (χ3v) is 3.97. The number of carbonyl (C=O) groups excluding carboxylic acids is 2. The minimum absolute atomic E-state index is 0.799. The van der Waals surface area contributed by atoms with Crippen molar-refractivity contribution in [3.63, 3.8) is 0 Å². The lowest BCUT2D eigenvalue weighted by Gasteiger charge is -2.01. The molecule has 0 N–H and O–H groups in total. The fraction of sp³-hybridized carbons (Fsp3) is 0.125. The molecule has 0 atom stereocenters. The van der Waals surface area contributed by atoms with Crippen molar-refractivity contribution in [2.45, 2.75) is 9.79 Å². The van der Waals surface area contributed by atoms with Crippen LogP contribution in [0.1, 0.15) is 0 Å². The van der Waals surface area contributed by atoms with Crippen LogP contribution < -0.4 is 0 Å². The van der Waals surface area contributed by atoms with Crippen molar-refractivity contribution < 1.29 is 18.7 Å². The van der Waals surface area contributed by atoms with Crippen LogP contribution in [0.25, 0.3) is 0 Å². The molecule has 0 bridgehead atoms. The SMILES string of the molecule is C[N+](=C=O)c1ccc(Sc2ccc([N+](C)=C=O)cc2)cc1. The highest BCUT2D eigenvalue weighted by atomic mass is 32.2. The van der Waals surface area contributed by atoms with Crippen LogP contribution in [0.5, 0.6) is 0 Å². The lowest BCUT2D eigenvalue weighted by atomic mass is 10.3. The molecule has 4 nitrogen and oxygen atoms in total. The maximum Gasteiger partial charge on any atom is 0.430 e. The van der Waals surface area contributed by atoms with Gasteiger partial charge in [-0.3, -0.25) is 0 Å². The lowest BCUT2D eigenvalue weighted by molar-refractivity contribution is -0.402. The molecule has 0 radical (unpaired) electrons. The van der Waals surface area contributed by atoms with Crippen molar-refractivity contribution in [3.05, 3.63) is 48.5 Å². The number of isocyanates is 2. The zero-order chi connectivity index (χ0) is 15.2. The first-order valence-electron chi connectivity index (χ1n) is 6.25. The molecular weight excluding hydrogens is 284 g/mol. The van der Waals surface area contributed by atoms with Gasteiger partial charge in [-0.2, -0.15) is 9.59 Å². The number of hydrogen-bond donors (Lipinski definition) is 0. The predicted octanol–water partition coefficient (Wildman–Crippen LogP) is 3.06. The maximum absolute atomic E-state index is 10.6. The summed E-state index contributed by atoms with van der Waals surface area (Å²) >= 11 is 1.61. The van der Waals surface area contributed by atoms with Crippen molar-refractivity contribution in [1.29, 1.82) is 0 Å². The molecule has 0 spiro atoms. The van der Waals surface area contributed by atoms with Crippen LogP contribution in [0.3, 0.4) is 0 Å². The van der Waals surface area contributed by atoms with Crippen molar-refractivity contribution in [1.82, 2.24) is 0 Å². The van der Waals surface area contributed by atoms with Crippen molar-refractivity contribution in [2.75, 3.05) is 14.1 Å². The summed E-state index contributed by atoms with van der Waals surface area (Å²) in [5.41, 5.74) is 1.60. The van der Waals surface area contributed by atoms with Gasteiger partial charge >= 0.3 is 12.2 Å². The zero-order valence-corrected chi connectivity index (χ0v) is 12.6. The summed E-state index contributed by atoms with van der Waals surface area (Å²) in [5, 5.41) is 0. The molecule has 0 amide bonds. The van der Waals surface area contributed by atoms with Gasteiger partial charge in [0.2, 0.25) is 11.4 Å². The van der Waals surface area contributed by atoms with Gasteiger partial charge < -0.3 is 0 Å². The fourth-order valence-electron chi connectivity index (χ4n) is 1.72. The Morgan fingerprint density at radius 3 is 1.33 bits per heavy atom. The highest BCUT2D eigenvalue weighted by Crippen LogP contribution is 2.29. The third kappa shape index (κ3) is 3.77. The summed E-state index contributed by atoms with van der Waals surface area (Å²) in [6.45, 7) is 0. The topological polar surface area (TPSA) is 40.2 Å². The van der Waals surface area contributed by atoms with Gasteiger partial charge in [-0.1, -0.05) is 11.8 Å². The Morgan fingerprint density at radius 2 is 1.05 bits per heavy atom. The highest BCUT2D eigenvalue weighted by molar-refractivity contribution is 7.99. The molecule has 21 heavy (non-hydrogen) atoms. The number of rotatable bonds is 4. The Kier molecular flexibility index (Phi) is 4.85. The Labute approximate surface area is 127 Å². The molecule has 2 rings (SSSR count). The average Bonchev–Trinajstić information content (AvgIpc) is 2.55. The molecule has 0 saturated carbocycles. The first-order chi connectivity index (χ1) is 10.1. The molecule has 0 heterocycles. The summed E-state index contributed by atoms with van der Waals surface area (Å²) in [6.07, 6.45) is 3.63. The van der Waals surface area contributed by atoms with Gasteiger partial charge in [-0.15, -0.1) is 9.15 Å². The molecule has 0 aliphatic heterocycles. The molecule has 104 valence electrons. The van der Waals surface area contributed by atoms with Crippen molar-refractivity contribution >= 4 is 35.3 Å². The molecular formula is C16H14N2O2S+2. The monoisotopic (exact) mass is 298 g/mol. The Morgan fingerprint density at radius 1 is 0.714 bits per heavy atom. The van der Waals surface area contributed by atoms with Gasteiger partial charge in [0.15, 0.2) is 14.1 Å². The largest absolute Gasteiger partial charge is 0.430 e. The van der Waals surface area contributed by atoms with Gasteiger partial charge in [-0.05, 0) is 24.3 Å². The van der Waals surface area contributed by atoms with Crippen LogP contribution in [0.15, 0.2) is 58.3 Å². The third-order valence-electron chi connectivity index (χ3n) is 2.96. The van der Waals surface area contributed by atoms with E-state index in [2.05, 4.69) is 0 Å². The second-order valence-electron chi connectivity index (χ2n) is 4.39. The van der Waals surface area contributed by atoms with E-state index in [0.717, 1.165) is 21.2 Å². The number of benzene rings is 2. The zero-order valence-electron chi connectivity index (χ0n) is 11.7. The molecule has 0 fully saturated rings. The van der Waals surface area contributed by atoms with Gasteiger partial charge in [-0.25, -0.2) is 0 Å². The minimum atomic E-state index is 0.799. The lowest BCUT2D eigenvalue weighted by Crippen LogP contribution is -1.94. The molecule has 2 aromatic carbocycles. The van der Waals surface area contributed by atoms with Gasteiger partial charge in [0, 0.05) is 34.1 Å². The summed E-state index contributed by atoms with van der Waals surface area (Å²) in [5.74, 6) is 0. The average molecular weight is 298 g/mol. The quantitative estimate of drug-likeness (QED) is 0.495. The Balaban J connectivity index is 2.15. The van der Waals surface area contributed by atoms with Gasteiger partial charge in [0.05, 0.1) is 0 Å².